The second-order valence-electron chi connectivity index (χ2n) is 5.99. The Morgan fingerprint density at radius 2 is 2.04 bits per heavy atom. The molecule has 1 fully saturated rings. The third kappa shape index (κ3) is 4.23. The third-order valence-corrected chi connectivity index (χ3v) is 4.60. The lowest BCUT2D eigenvalue weighted by Gasteiger charge is -2.25. The molecular formula is C17H24FN3O3. The predicted molar refractivity (Wildman–Crippen MR) is 88.5 cm³/mol. The topological polar surface area (TPSA) is 70.7 Å². The molecular weight excluding hydrogens is 313 g/mol. The molecule has 0 saturated carbocycles. The smallest absolute Gasteiger partial charge is 0.251 e. The van der Waals surface area contributed by atoms with Gasteiger partial charge < -0.3 is 15.4 Å². The van der Waals surface area contributed by atoms with Crippen molar-refractivity contribution in [3.8, 4) is 5.75 Å². The lowest BCUT2D eigenvalue weighted by Crippen LogP contribution is -2.42. The number of hydrogen-bond acceptors (Lipinski definition) is 4. The van der Waals surface area contributed by atoms with Gasteiger partial charge in [0.15, 0.2) is 11.6 Å². The molecule has 2 amide bonds. The van der Waals surface area contributed by atoms with Gasteiger partial charge >= 0.3 is 0 Å². The van der Waals surface area contributed by atoms with Gasteiger partial charge in [-0.2, -0.15) is 0 Å². The number of nitrogens with zero attached hydrogens (tertiary/aromatic N) is 1. The van der Waals surface area contributed by atoms with E-state index in [1.165, 1.54) is 25.3 Å². The van der Waals surface area contributed by atoms with Crippen molar-refractivity contribution in [2.24, 2.45) is 0 Å². The summed E-state index contributed by atoms with van der Waals surface area (Å²) in [5.74, 6) is -0.752. The van der Waals surface area contributed by atoms with Crippen molar-refractivity contribution in [1.82, 2.24) is 15.5 Å². The maximum Gasteiger partial charge on any atom is 0.251 e. The van der Waals surface area contributed by atoms with Crippen molar-refractivity contribution < 1.29 is 18.7 Å². The van der Waals surface area contributed by atoms with Gasteiger partial charge in [-0.15, -0.1) is 0 Å². The Morgan fingerprint density at radius 1 is 1.33 bits per heavy atom. The minimum atomic E-state index is -0.561. The molecule has 1 aromatic carbocycles. The van der Waals surface area contributed by atoms with Crippen LogP contribution in [-0.2, 0) is 4.79 Å². The first-order valence-electron chi connectivity index (χ1n) is 8.00. The molecule has 2 rings (SSSR count). The Labute approximate surface area is 141 Å². The number of hydrogen-bond donors (Lipinski definition) is 2. The third-order valence-electron chi connectivity index (χ3n) is 4.60. The normalized spacial score (nSPS) is 20.7. The van der Waals surface area contributed by atoms with Gasteiger partial charge in [-0.3, -0.25) is 14.5 Å². The van der Waals surface area contributed by atoms with Crippen molar-refractivity contribution in [3.63, 3.8) is 0 Å². The molecule has 2 atom stereocenters. The summed E-state index contributed by atoms with van der Waals surface area (Å²) in [5.41, 5.74) is 0.260. The Hall–Kier alpha value is -2.15. The van der Waals surface area contributed by atoms with Crippen LogP contribution < -0.4 is 15.4 Å². The molecule has 6 nitrogen and oxygen atoms in total. The van der Waals surface area contributed by atoms with E-state index in [9.17, 15) is 14.0 Å². The van der Waals surface area contributed by atoms with E-state index in [4.69, 9.17) is 4.74 Å². The van der Waals surface area contributed by atoms with Crippen LogP contribution in [0.1, 0.15) is 29.6 Å². The van der Waals surface area contributed by atoms with Crippen molar-refractivity contribution in [1.29, 1.82) is 0 Å². The van der Waals surface area contributed by atoms with Gasteiger partial charge in [0.25, 0.3) is 5.91 Å². The van der Waals surface area contributed by atoms with Crippen molar-refractivity contribution in [2.75, 3.05) is 27.7 Å². The number of amides is 2. The van der Waals surface area contributed by atoms with Gasteiger partial charge in [-0.1, -0.05) is 0 Å². The highest BCUT2D eigenvalue weighted by atomic mass is 19.1. The molecule has 0 unspecified atom stereocenters. The van der Waals surface area contributed by atoms with Crippen LogP contribution in [0.5, 0.6) is 5.75 Å². The fraction of sp³-hybridized carbons (Fsp3) is 0.529. The monoisotopic (exact) mass is 337 g/mol. The second kappa shape index (κ2) is 8.10. The fourth-order valence-electron chi connectivity index (χ4n) is 3.02. The number of likely N-dealkylation sites (N-methyl/N-ethyl adjacent to an activating group) is 1. The maximum atomic E-state index is 13.7. The van der Waals surface area contributed by atoms with E-state index in [0.717, 1.165) is 12.8 Å². The van der Waals surface area contributed by atoms with E-state index in [2.05, 4.69) is 15.5 Å². The van der Waals surface area contributed by atoms with E-state index in [0.29, 0.717) is 13.0 Å². The van der Waals surface area contributed by atoms with Crippen LogP contribution in [0.2, 0.25) is 0 Å². The molecule has 1 heterocycles. The van der Waals surface area contributed by atoms with Crippen LogP contribution in [0.3, 0.4) is 0 Å². The summed E-state index contributed by atoms with van der Waals surface area (Å²) in [6.45, 7) is 0.466. The largest absolute Gasteiger partial charge is 0.494 e. The van der Waals surface area contributed by atoms with Gasteiger partial charge in [0.2, 0.25) is 5.91 Å². The first kappa shape index (κ1) is 18.2. The Kier molecular flexibility index (Phi) is 6.14. The number of carbonyl (C=O) groups is 2. The Balaban J connectivity index is 1.88. The molecule has 1 aromatic rings. The Bertz CT molecular complexity index is 609. The van der Waals surface area contributed by atoms with Gasteiger partial charge in [0.05, 0.1) is 7.11 Å². The van der Waals surface area contributed by atoms with E-state index in [1.54, 1.807) is 7.05 Å². The van der Waals surface area contributed by atoms with Crippen LogP contribution in [-0.4, -0.2) is 56.5 Å². The van der Waals surface area contributed by atoms with E-state index >= 15 is 0 Å². The van der Waals surface area contributed by atoms with Crippen LogP contribution in [0.4, 0.5) is 4.39 Å². The van der Waals surface area contributed by atoms with Crippen molar-refractivity contribution >= 4 is 11.8 Å². The molecule has 0 aliphatic carbocycles. The molecule has 1 aliphatic heterocycles. The first-order valence-corrected chi connectivity index (χ1v) is 8.00. The van der Waals surface area contributed by atoms with Crippen LogP contribution in [0.15, 0.2) is 18.2 Å². The van der Waals surface area contributed by atoms with E-state index < -0.39 is 5.82 Å². The maximum absolute atomic E-state index is 13.7. The zero-order valence-electron chi connectivity index (χ0n) is 14.3. The second-order valence-corrected chi connectivity index (χ2v) is 5.99. The van der Waals surface area contributed by atoms with Crippen LogP contribution in [0.25, 0.3) is 0 Å². The van der Waals surface area contributed by atoms with Crippen LogP contribution in [0, 0.1) is 5.82 Å². The quantitative estimate of drug-likeness (QED) is 0.817. The minimum Gasteiger partial charge on any atom is -0.494 e. The van der Waals surface area contributed by atoms with Gasteiger partial charge in [0, 0.05) is 37.7 Å². The summed E-state index contributed by atoms with van der Waals surface area (Å²) < 4.78 is 18.5. The molecule has 1 saturated heterocycles. The van der Waals surface area contributed by atoms with E-state index in [-0.39, 0.29) is 35.2 Å². The minimum absolute atomic E-state index is 0.0187. The highest BCUT2D eigenvalue weighted by Crippen LogP contribution is 2.24. The van der Waals surface area contributed by atoms with Crippen molar-refractivity contribution in [2.45, 2.75) is 31.3 Å². The standard InChI is InChI=1S/C17H24FN3O3/c1-19-16(22)9-12-5-6-13(21(12)2)10-20-17(23)11-4-7-15(24-3)14(18)8-11/h4,7-8,12-13H,5-6,9-10H2,1-3H3,(H,19,22)(H,20,23)/t12-,13+/m1/s1. The number of carbonyl (C=O) groups excluding carboxylic acids is 2. The summed E-state index contributed by atoms with van der Waals surface area (Å²) in [4.78, 5) is 25.8. The average molecular weight is 337 g/mol. The number of benzene rings is 1. The summed E-state index contributed by atoms with van der Waals surface area (Å²) in [7, 11) is 4.97. The molecule has 0 spiro atoms. The lowest BCUT2D eigenvalue weighted by molar-refractivity contribution is -0.121. The average Bonchev–Trinajstić information content (AvgIpc) is 2.92. The number of ether oxygens (including phenoxy) is 1. The van der Waals surface area contributed by atoms with E-state index in [1.807, 2.05) is 7.05 Å². The summed E-state index contributed by atoms with van der Waals surface area (Å²) in [6, 6.07) is 4.49. The number of rotatable bonds is 6. The van der Waals surface area contributed by atoms with Crippen LogP contribution >= 0.6 is 0 Å². The number of halogens is 1. The summed E-state index contributed by atoms with van der Waals surface area (Å²) in [5, 5.41) is 5.47. The molecule has 132 valence electrons. The first-order chi connectivity index (χ1) is 11.5. The Morgan fingerprint density at radius 3 is 2.67 bits per heavy atom. The zero-order valence-corrected chi connectivity index (χ0v) is 14.3. The zero-order chi connectivity index (χ0) is 17.7. The highest BCUT2D eigenvalue weighted by molar-refractivity contribution is 5.94. The SMILES string of the molecule is CNC(=O)C[C@H]1CC[C@@H](CNC(=O)c2ccc(OC)c(F)c2)N1C. The highest BCUT2D eigenvalue weighted by Gasteiger charge is 2.31. The summed E-state index contributed by atoms with van der Waals surface area (Å²) >= 11 is 0. The summed E-state index contributed by atoms with van der Waals surface area (Å²) in [6.07, 6.45) is 2.29. The molecule has 0 radical (unpaired) electrons. The van der Waals surface area contributed by atoms with Gasteiger partial charge in [0.1, 0.15) is 0 Å². The molecule has 1 aliphatic rings. The molecule has 2 N–H and O–H groups in total. The molecule has 0 bridgehead atoms. The lowest BCUT2D eigenvalue weighted by atomic mass is 10.1. The van der Waals surface area contributed by atoms with Gasteiger partial charge in [-0.25, -0.2) is 4.39 Å². The predicted octanol–water partition coefficient (Wildman–Crippen LogP) is 1.16. The number of likely N-dealkylation sites (tertiary alicyclic amines) is 1. The fourth-order valence-corrected chi connectivity index (χ4v) is 3.02. The number of nitrogens with one attached hydrogen (secondary N) is 2. The molecule has 7 heteroatoms. The van der Waals surface area contributed by atoms with Crippen molar-refractivity contribution in [3.05, 3.63) is 29.6 Å². The molecule has 24 heavy (non-hydrogen) atoms. The van der Waals surface area contributed by atoms with Gasteiger partial charge in [-0.05, 0) is 38.1 Å². The number of methoxy groups -OCH3 is 1. The molecule has 0 aromatic heterocycles.